The zero-order chi connectivity index (χ0) is 15.5. The van der Waals surface area contributed by atoms with E-state index in [0.717, 1.165) is 37.7 Å². The number of carboxylic acids is 1. The van der Waals surface area contributed by atoms with Gasteiger partial charge >= 0.3 is 5.97 Å². The van der Waals surface area contributed by atoms with Gasteiger partial charge in [-0.25, -0.2) is 0 Å². The second-order valence-electron chi connectivity index (χ2n) is 8.05. The van der Waals surface area contributed by atoms with E-state index in [1.54, 1.807) is 0 Å². The Morgan fingerprint density at radius 1 is 1.24 bits per heavy atom. The number of carbonyl (C=O) groups is 2. The Morgan fingerprint density at radius 2 is 1.95 bits per heavy atom. The van der Waals surface area contributed by atoms with Gasteiger partial charge in [0, 0.05) is 11.8 Å². The Labute approximate surface area is 126 Å². The van der Waals surface area contributed by atoms with Crippen molar-refractivity contribution in [1.82, 2.24) is 0 Å². The molecule has 0 aromatic carbocycles. The molecule has 0 spiro atoms. The first-order chi connectivity index (χ1) is 9.75. The monoisotopic (exact) mass is 290 g/mol. The van der Waals surface area contributed by atoms with Gasteiger partial charge in [-0.3, -0.25) is 9.59 Å². The molecule has 0 aliphatic heterocycles. The maximum atomic E-state index is 12.4. The number of hydrogen-bond donors (Lipinski definition) is 1. The first kappa shape index (κ1) is 14.8. The van der Waals surface area contributed by atoms with Crippen LogP contribution >= 0.6 is 0 Å². The van der Waals surface area contributed by atoms with Gasteiger partial charge in [0.05, 0.1) is 5.41 Å². The van der Waals surface area contributed by atoms with Gasteiger partial charge < -0.3 is 5.11 Å². The number of carboxylic acid groups (broad SMARTS) is 1. The van der Waals surface area contributed by atoms with Crippen LogP contribution in [0.4, 0.5) is 0 Å². The van der Waals surface area contributed by atoms with E-state index in [1.807, 2.05) is 0 Å². The molecule has 2 saturated carbocycles. The molecule has 1 N–H and O–H groups in total. The van der Waals surface area contributed by atoms with E-state index in [1.165, 1.54) is 0 Å². The molecule has 0 heterocycles. The molecule has 0 radical (unpaired) electrons. The minimum atomic E-state index is -0.653. The van der Waals surface area contributed by atoms with Crippen molar-refractivity contribution in [1.29, 1.82) is 0 Å². The Balaban J connectivity index is 2.11. The van der Waals surface area contributed by atoms with Crippen molar-refractivity contribution in [3.63, 3.8) is 0 Å². The van der Waals surface area contributed by atoms with Gasteiger partial charge in [0.2, 0.25) is 0 Å². The third-order valence-corrected chi connectivity index (χ3v) is 6.79. The number of hydrogen-bond acceptors (Lipinski definition) is 2. The zero-order valence-corrected chi connectivity index (χ0v) is 13.4. The summed E-state index contributed by atoms with van der Waals surface area (Å²) in [6, 6.07) is 0. The van der Waals surface area contributed by atoms with Gasteiger partial charge in [-0.2, -0.15) is 0 Å². The van der Waals surface area contributed by atoms with Crippen molar-refractivity contribution in [2.75, 3.05) is 0 Å². The summed E-state index contributed by atoms with van der Waals surface area (Å²) >= 11 is 0. The van der Waals surface area contributed by atoms with Crippen LogP contribution in [0.25, 0.3) is 0 Å². The Morgan fingerprint density at radius 3 is 2.62 bits per heavy atom. The van der Waals surface area contributed by atoms with Crippen molar-refractivity contribution in [2.24, 2.45) is 22.2 Å². The highest BCUT2D eigenvalue weighted by molar-refractivity contribution is 5.86. The number of Topliss-reactive ketones (excluding diaryl/α,β-unsaturated/α-hetero) is 1. The van der Waals surface area contributed by atoms with Gasteiger partial charge in [0.15, 0.2) is 0 Å². The van der Waals surface area contributed by atoms with Crippen LogP contribution in [0.15, 0.2) is 11.6 Å². The van der Waals surface area contributed by atoms with Crippen LogP contribution in [0.3, 0.4) is 0 Å². The lowest BCUT2D eigenvalue weighted by Gasteiger charge is -2.59. The predicted octanol–water partition coefficient (Wildman–Crippen LogP) is 3.97. The van der Waals surface area contributed by atoms with Crippen LogP contribution in [-0.2, 0) is 9.59 Å². The van der Waals surface area contributed by atoms with Gasteiger partial charge in [-0.05, 0) is 49.9 Å². The van der Waals surface area contributed by atoms with Crippen molar-refractivity contribution in [3.8, 4) is 0 Å². The fourth-order valence-corrected chi connectivity index (χ4v) is 5.60. The largest absolute Gasteiger partial charge is 0.481 e. The van der Waals surface area contributed by atoms with E-state index in [-0.39, 0.29) is 16.7 Å². The zero-order valence-electron chi connectivity index (χ0n) is 13.4. The highest BCUT2D eigenvalue weighted by Crippen LogP contribution is 2.65. The average Bonchev–Trinajstić information content (AvgIpc) is 2.43. The van der Waals surface area contributed by atoms with Gasteiger partial charge in [-0.15, -0.1) is 0 Å². The van der Waals surface area contributed by atoms with Crippen LogP contribution in [0.2, 0.25) is 0 Å². The Bertz CT molecular complexity index is 531. The molecule has 0 bridgehead atoms. The predicted molar refractivity (Wildman–Crippen MR) is 80.9 cm³/mol. The lowest BCUT2D eigenvalue weighted by Crippen LogP contribution is -2.56. The highest BCUT2D eigenvalue weighted by atomic mass is 16.4. The van der Waals surface area contributed by atoms with E-state index < -0.39 is 11.4 Å². The molecule has 3 unspecified atom stereocenters. The Hall–Kier alpha value is -1.12. The van der Waals surface area contributed by atoms with Crippen LogP contribution in [0.5, 0.6) is 0 Å². The van der Waals surface area contributed by atoms with Gasteiger partial charge in [0.25, 0.3) is 0 Å². The summed E-state index contributed by atoms with van der Waals surface area (Å²) in [5, 5.41) is 9.90. The molecule has 0 saturated heterocycles. The van der Waals surface area contributed by atoms with E-state index in [2.05, 4.69) is 26.8 Å². The summed E-state index contributed by atoms with van der Waals surface area (Å²) in [6.07, 6.45) is 7.90. The average molecular weight is 290 g/mol. The summed E-state index contributed by atoms with van der Waals surface area (Å²) in [7, 11) is 0. The number of carbonyl (C=O) groups excluding carboxylic acids is 1. The molecule has 3 nitrogen and oxygen atoms in total. The van der Waals surface area contributed by atoms with Crippen molar-refractivity contribution < 1.29 is 14.7 Å². The van der Waals surface area contributed by atoms with Gasteiger partial charge in [-0.1, -0.05) is 32.4 Å². The smallest absolute Gasteiger partial charge is 0.313 e. The van der Waals surface area contributed by atoms with E-state index in [4.69, 9.17) is 0 Å². The van der Waals surface area contributed by atoms with Crippen molar-refractivity contribution in [2.45, 2.75) is 65.7 Å². The van der Waals surface area contributed by atoms with Crippen LogP contribution < -0.4 is 0 Å². The second-order valence-corrected chi connectivity index (χ2v) is 8.05. The van der Waals surface area contributed by atoms with Crippen molar-refractivity contribution >= 4 is 11.8 Å². The first-order valence-corrected chi connectivity index (χ1v) is 8.23. The molecule has 0 amide bonds. The minimum Gasteiger partial charge on any atom is -0.481 e. The standard InChI is InChI=1S/C18H26O3/c1-16(2)12-7-11-18(15(20)21)9-5-4-6-13(18)17(12,3)10-8-14(16)19/h6,12H,4-5,7-11H2,1-3H3,(H,20,21). The summed E-state index contributed by atoms with van der Waals surface area (Å²) < 4.78 is 0. The molecule has 116 valence electrons. The molecule has 3 aliphatic rings. The topological polar surface area (TPSA) is 54.4 Å². The molecule has 21 heavy (non-hydrogen) atoms. The van der Waals surface area contributed by atoms with E-state index in [0.29, 0.717) is 18.6 Å². The summed E-state index contributed by atoms with van der Waals surface area (Å²) in [5.41, 5.74) is 0.0512. The first-order valence-electron chi connectivity index (χ1n) is 8.23. The number of ketones is 1. The third kappa shape index (κ3) is 1.79. The molecule has 3 aliphatic carbocycles. The quantitative estimate of drug-likeness (QED) is 0.743. The van der Waals surface area contributed by atoms with E-state index in [9.17, 15) is 14.7 Å². The molecular weight excluding hydrogens is 264 g/mol. The molecule has 3 rings (SSSR count). The maximum absolute atomic E-state index is 12.4. The number of rotatable bonds is 1. The van der Waals surface area contributed by atoms with Gasteiger partial charge in [0.1, 0.15) is 5.78 Å². The minimum absolute atomic E-state index is 0.117. The lowest BCUT2D eigenvalue weighted by atomic mass is 9.44. The molecule has 3 atom stereocenters. The second kappa shape index (κ2) is 4.44. The molecule has 0 aromatic heterocycles. The summed E-state index contributed by atoms with van der Waals surface area (Å²) in [4.78, 5) is 24.4. The van der Waals surface area contributed by atoms with Crippen LogP contribution in [0.1, 0.15) is 65.7 Å². The molecule has 0 aromatic rings. The SMILES string of the molecule is CC1(C)C(=O)CCC2(C)C3=CCCCC3(C(=O)O)CCC12. The van der Waals surface area contributed by atoms with Crippen molar-refractivity contribution in [3.05, 3.63) is 11.6 Å². The fourth-order valence-electron chi connectivity index (χ4n) is 5.60. The lowest BCUT2D eigenvalue weighted by molar-refractivity contribution is -0.155. The fraction of sp³-hybridized carbons (Fsp3) is 0.778. The van der Waals surface area contributed by atoms with Crippen LogP contribution in [-0.4, -0.2) is 16.9 Å². The maximum Gasteiger partial charge on any atom is 0.313 e. The summed E-state index contributed by atoms with van der Waals surface area (Å²) in [5.74, 6) is -0.0184. The normalized spacial score (nSPS) is 41.8. The number of aliphatic carboxylic acids is 1. The molecule has 2 fully saturated rings. The molecule has 3 heteroatoms. The van der Waals surface area contributed by atoms with E-state index >= 15 is 0 Å². The number of fused-ring (bicyclic) bond motifs is 3. The summed E-state index contributed by atoms with van der Waals surface area (Å²) in [6.45, 7) is 6.35. The van der Waals surface area contributed by atoms with Crippen LogP contribution in [0, 0.1) is 22.2 Å². The Kier molecular flexibility index (Phi) is 3.13. The third-order valence-electron chi connectivity index (χ3n) is 6.79. The number of allylic oxidation sites excluding steroid dienone is 1. The highest BCUT2D eigenvalue weighted by Gasteiger charge is 2.61. The molecular formula is C18H26O3.